The monoisotopic (exact) mass is 465 g/mol. The first kappa shape index (κ1) is 21.9. The second kappa shape index (κ2) is 8.48. The Morgan fingerprint density at radius 1 is 1.45 bits per heavy atom. The predicted molar refractivity (Wildman–Crippen MR) is 132 cm³/mol. The van der Waals surface area contributed by atoms with Gasteiger partial charge in [-0.25, -0.2) is 4.98 Å². The van der Waals surface area contributed by atoms with Crippen molar-refractivity contribution in [3.05, 3.63) is 42.1 Å². The van der Waals surface area contributed by atoms with Gasteiger partial charge in [0.2, 0.25) is 11.8 Å². The van der Waals surface area contributed by atoms with E-state index in [-0.39, 0.29) is 17.6 Å². The Balaban J connectivity index is 1.41. The average molecular weight is 466 g/mol. The number of amides is 1. The van der Waals surface area contributed by atoms with Crippen molar-refractivity contribution in [2.75, 3.05) is 11.9 Å². The third kappa shape index (κ3) is 4.12. The van der Waals surface area contributed by atoms with E-state index in [2.05, 4.69) is 53.6 Å². The van der Waals surface area contributed by atoms with E-state index in [0.717, 1.165) is 65.5 Å². The van der Waals surface area contributed by atoms with E-state index in [9.17, 15) is 4.79 Å². The number of pyridine rings is 1. The average Bonchev–Trinajstić information content (AvgIpc) is 3.46. The summed E-state index contributed by atoms with van der Waals surface area (Å²) >= 11 is 1.60. The van der Waals surface area contributed by atoms with Gasteiger partial charge < -0.3 is 19.5 Å². The SMILES string of the molecule is C=CC(=O)N1CCCC12CC(Oc1nc(Nc3ncc(C)s3)cc3c1ccn3CC(C)C)C2. The zero-order valence-electron chi connectivity index (χ0n) is 19.5. The van der Waals surface area contributed by atoms with Crippen molar-refractivity contribution < 1.29 is 9.53 Å². The first-order valence-corrected chi connectivity index (χ1v) is 12.5. The van der Waals surface area contributed by atoms with Crippen LogP contribution in [-0.4, -0.2) is 43.5 Å². The molecule has 0 aromatic carbocycles. The number of fused-ring (bicyclic) bond motifs is 1. The number of hydrogen-bond acceptors (Lipinski definition) is 6. The molecule has 0 bridgehead atoms. The van der Waals surface area contributed by atoms with Crippen molar-refractivity contribution in [2.24, 2.45) is 5.92 Å². The molecule has 0 radical (unpaired) electrons. The van der Waals surface area contributed by atoms with E-state index in [1.54, 1.807) is 11.3 Å². The maximum absolute atomic E-state index is 12.3. The standard InChI is InChI=1S/C25H31N5O2S/c1-5-22(31)30-9-6-8-25(30)12-18(13-25)32-23-19-7-10-29(15-16(2)3)20(19)11-21(27-23)28-24-26-14-17(4)33-24/h5,7,10-11,14,16,18H,1,6,8-9,12-13,15H2,2-4H3,(H,26,27,28). The summed E-state index contributed by atoms with van der Waals surface area (Å²) in [5, 5.41) is 5.19. The highest BCUT2D eigenvalue weighted by Crippen LogP contribution is 2.47. The van der Waals surface area contributed by atoms with Gasteiger partial charge in [0.15, 0.2) is 5.13 Å². The number of anilines is 2. The summed E-state index contributed by atoms with van der Waals surface area (Å²) in [5.74, 6) is 1.93. The van der Waals surface area contributed by atoms with E-state index < -0.39 is 0 Å². The van der Waals surface area contributed by atoms with Crippen LogP contribution in [0.25, 0.3) is 10.9 Å². The third-order valence-electron chi connectivity index (χ3n) is 6.68. The van der Waals surface area contributed by atoms with Gasteiger partial charge in [-0.15, -0.1) is 11.3 Å². The minimum atomic E-state index is -0.0765. The first-order chi connectivity index (χ1) is 15.9. The molecule has 1 amide bonds. The lowest BCUT2D eigenvalue weighted by Gasteiger charge is -2.49. The Labute approximate surface area is 198 Å². The molecule has 3 aromatic rings. The van der Waals surface area contributed by atoms with Crippen LogP contribution in [0.1, 0.15) is 44.4 Å². The van der Waals surface area contributed by atoms with Crippen LogP contribution in [-0.2, 0) is 11.3 Å². The van der Waals surface area contributed by atoms with Crippen molar-refractivity contribution in [1.82, 2.24) is 19.4 Å². The summed E-state index contributed by atoms with van der Waals surface area (Å²) in [6.07, 6.45) is 9.20. The van der Waals surface area contributed by atoms with Crippen molar-refractivity contribution in [3.63, 3.8) is 0 Å². The van der Waals surface area contributed by atoms with E-state index in [4.69, 9.17) is 9.72 Å². The van der Waals surface area contributed by atoms with Crippen LogP contribution in [0.5, 0.6) is 5.88 Å². The molecule has 5 rings (SSSR count). The summed E-state index contributed by atoms with van der Waals surface area (Å²) in [6, 6.07) is 4.17. The number of aryl methyl sites for hydroxylation is 1. The lowest BCUT2D eigenvalue weighted by atomic mass is 9.72. The minimum absolute atomic E-state index is 0.0298. The summed E-state index contributed by atoms with van der Waals surface area (Å²) in [4.78, 5) is 24.7. The molecule has 1 saturated heterocycles. The van der Waals surface area contributed by atoms with E-state index in [1.807, 2.05) is 18.0 Å². The summed E-state index contributed by atoms with van der Waals surface area (Å²) in [5.41, 5.74) is 1.02. The number of likely N-dealkylation sites (tertiary alicyclic amines) is 1. The molecule has 1 aliphatic carbocycles. The quantitative estimate of drug-likeness (QED) is 0.480. The normalized spacial score (nSPS) is 22.2. The highest BCUT2D eigenvalue weighted by molar-refractivity contribution is 7.15. The second-order valence-corrected chi connectivity index (χ2v) is 10.9. The zero-order valence-corrected chi connectivity index (χ0v) is 20.3. The van der Waals surface area contributed by atoms with Gasteiger partial charge in [0.25, 0.3) is 0 Å². The zero-order chi connectivity index (χ0) is 23.2. The molecule has 0 atom stereocenters. The summed E-state index contributed by atoms with van der Waals surface area (Å²) in [6.45, 7) is 11.9. The predicted octanol–water partition coefficient (Wildman–Crippen LogP) is 5.29. The molecule has 0 unspecified atom stereocenters. The molecule has 1 aliphatic heterocycles. The van der Waals surface area contributed by atoms with Crippen LogP contribution in [0.2, 0.25) is 0 Å². The van der Waals surface area contributed by atoms with Gasteiger partial charge in [0.05, 0.1) is 16.4 Å². The Morgan fingerprint density at radius 2 is 2.27 bits per heavy atom. The molecular formula is C25H31N5O2S. The summed E-state index contributed by atoms with van der Waals surface area (Å²) in [7, 11) is 0. The first-order valence-electron chi connectivity index (χ1n) is 11.7. The second-order valence-electron chi connectivity index (χ2n) is 9.68. The molecule has 3 aromatic heterocycles. The number of carbonyl (C=O) groups is 1. The number of aromatic nitrogens is 3. The fraction of sp³-hybridized carbons (Fsp3) is 0.480. The molecular weight excluding hydrogens is 434 g/mol. The number of rotatable bonds is 7. The number of carbonyl (C=O) groups excluding carboxylic acids is 1. The third-order valence-corrected chi connectivity index (χ3v) is 7.51. The number of ether oxygens (including phenoxy) is 1. The van der Waals surface area contributed by atoms with Crippen LogP contribution in [0.15, 0.2) is 37.2 Å². The summed E-state index contributed by atoms with van der Waals surface area (Å²) < 4.78 is 8.73. The van der Waals surface area contributed by atoms with Crippen molar-refractivity contribution >= 4 is 39.1 Å². The van der Waals surface area contributed by atoms with E-state index >= 15 is 0 Å². The Morgan fingerprint density at radius 3 is 2.97 bits per heavy atom. The highest BCUT2D eigenvalue weighted by Gasteiger charge is 2.53. The van der Waals surface area contributed by atoms with Gasteiger partial charge in [-0.2, -0.15) is 4.98 Å². The maximum atomic E-state index is 12.3. The molecule has 1 spiro atoms. The van der Waals surface area contributed by atoms with Gasteiger partial charge in [0.1, 0.15) is 11.9 Å². The molecule has 33 heavy (non-hydrogen) atoms. The van der Waals surface area contributed by atoms with Gasteiger partial charge in [-0.1, -0.05) is 20.4 Å². The number of hydrogen-bond donors (Lipinski definition) is 1. The van der Waals surface area contributed by atoms with E-state index in [0.29, 0.717) is 11.8 Å². The molecule has 174 valence electrons. The topological polar surface area (TPSA) is 72.3 Å². The highest BCUT2D eigenvalue weighted by atomic mass is 32.1. The maximum Gasteiger partial charge on any atom is 0.246 e. The molecule has 8 heteroatoms. The molecule has 2 fully saturated rings. The lowest BCUT2D eigenvalue weighted by Crippen LogP contribution is -2.59. The van der Waals surface area contributed by atoms with E-state index in [1.165, 1.54) is 6.08 Å². The molecule has 1 saturated carbocycles. The van der Waals surface area contributed by atoms with Gasteiger partial charge in [0, 0.05) is 49.3 Å². The Bertz CT molecular complexity index is 1190. The smallest absolute Gasteiger partial charge is 0.246 e. The largest absolute Gasteiger partial charge is 0.474 e. The van der Waals surface area contributed by atoms with Crippen LogP contribution >= 0.6 is 11.3 Å². The van der Waals surface area contributed by atoms with Crippen molar-refractivity contribution in [3.8, 4) is 5.88 Å². The molecule has 7 nitrogen and oxygen atoms in total. The number of nitrogens with one attached hydrogen (secondary N) is 1. The van der Waals surface area contributed by atoms with Gasteiger partial charge in [-0.05, 0) is 37.8 Å². The van der Waals surface area contributed by atoms with Crippen LogP contribution in [0.3, 0.4) is 0 Å². The van der Waals surface area contributed by atoms with Gasteiger partial charge >= 0.3 is 0 Å². The van der Waals surface area contributed by atoms with Crippen LogP contribution < -0.4 is 10.1 Å². The van der Waals surface area contributed by atoms with Crippen LogP contribution in [0.4, 0.5) is 10.9 Å². The van der Waals surface area contributed by atoms with Gasteiger partial charge in [-0.3, -0.25) is 4.79 Å². The molecule has 4 heterocycles. The number of thiazole rings is 1. The fourth-order valence-electron chi connectivity index (χ4n) is 5.23. The lowest BCUT2D eigenvalue weighted by molar-refractivity contribution is -0.137. The Hall–Kier alpha value is -2.87. The fourth-order valence-corrected chi connectivity index (χ4v) is 5.90. The number of nitrogens with zero attached hydrogens (tertiary/aromatic N) is 4. The Kier molecular flexibility index (Phi) is 5.64. The molecule has 1 N–H and O–H groups in total. The minimum Gasteiger partial charge on any atom is -0.474 e. The van der Waals surface area contributed by atoms with Crippen molar-refractivity contribution in [1.29, 1.82) is 0 Å². The van der Waals surface area contributed by atoms with Crippen molar-refractivity contribution in [2.45, 2.75) is 64.6 Å². The molecule has 2 aliphatic rings. The van der Waals surface area contributed by atoms with Crippen LogP contribution in [0, 0.1) is 12.8 Å².